The minimum Gasteiger partial charge on any atom is -0.496 e. The van der Waals surface area contributed by atoms with Gasteiger partial charge in [-0.1, -0.05) is 39.0 Å². The molecule has 3 nitrogen and oxygen atoms in total. The average molecular weight is 325 g/mol. The predicted octanol–water partition coefficient (Wildman–Crippen LogP) is 5.25. The van der Waals surface area contributed by atoms with Gasteiger partial charge in [0.1, 0.15) is 5.75 Å². The zero-order valence-electron chi connectivity index (χ0n) is 15.5. The van der Waals surface area contributed by atoms with Gasteiger partial charge in [-0.3, -0.25) is 4.79 Å². The van der Waals surface area contributed by atoms with Crippen molar-refractivity contribution in [3.8, 4) is 5.75 Å². The van der Waals surface area contributed by atoms with Crippen molar-refractivity contribution in [2.45, 2.75) is 47.0 Å². The van der Waals surface area contributed by atoms with Crippen molar-refractivity contribution >= 4 is 11.6 Å². The number of hydrogen-bond acceptors (Lipinski definition) is 2. The molecular weight excluding hydrogens is 298 g/mol. The van der Waals surface area contributed by atoms with Crippen LogP contribution in [0, 0.1) is 13.8 Å². The first kappa shape index (κ1) is 18.1. The van der Waals surface area contributed by atoms with Gasteiger partial charge in [-0.15, -0.1) is 0 Å². The summed E-state index contributed by atoms with van der Waals surface area (Å²) in [6.45, 7) is 10.3. The zero-order valence-corrected chi connectivity index (χ0v) is 15.5. The highest BCUT2D eigenvalue weighted by atomic mass is 16.5. The molecule has 3 heteroatoms. The van der Waals surface area contributed by atoms with Gasteiger partial charge in [0, 0.05) is 11.3 Å². The summed E-state index contributed by atoms with van der Waals surface area (Å²) in [4.78, 5) is 12.9. The Labute approximate surface area is 145 Å². The van der Waals surface area contributed by atoms with Gasteiger partial charge in [0.25, 0.3) is 5.91 Å². The first-order valence-corrected chi connectivity index (χ1v) is 8.47. The van der Waals surface area contributed by atoms with Crippen LogP contribution in [0.5, 0.6) is 5.75 Å². The Bertz CT molecular complexity index is 748. The SMILES string of the molecule is CCc1cccc(C)c1NC(=O)c1cc(C(C)C)c(OC)cc1C. The third kappa shape index (κ3) is 3.61. The lowest BCUT2D eigenvalue weighted by Gasteiger charge is -2.17. The number of methoxy groups -OCH3 is 1. The summed E-state index contributed by atoms with van der Waals surface area (Å²) < 4.78 is 5.46. The largest absolute Gasteiger partial charge is 0.496 e. The number of carbonyl (C=O) groups is 1. The Morgan fingerprint density at radius 1 is 1.17 bits per heavy atom. The van der Waals surface area contributed by atoms with E-state index in [9.17, 15) is 4.79 Å². The van der Waals surface area contributed by atoms with Gasteiger partial charge in [0.15, 0.2) is 0 Å². The van der Waals surface area contributed by atoms with E-state index in [0.29, 0.717) is 5.56 Å². The highest BCUT2D eigenvalue weighted by Crippen LogP contribution is 2.30. The van der Waals surface area contributed by atoms with Gasteiger partial charge >= 0.3 is 0 Å². The van der Waals surface area contributed by atoms with Crippen LogP contribution in [0.15, 0.2) is 30.3 Å². The van der Waals surface area contributed by atoms with Gasteiger partial charge in [-0.25, -0.2) is 0 Å². The molecule has 1 N–H and O–H groups in total. The van der Waals surface area contributed by atoms with Crippen LogP contribution >= 0.6 is 0 Å². The van der Waals surface area contributed by atoms with Gasteiger partial charge < -0.3 is 10.1 Å². The van der Waals surface area contributed by atoms with Crippen LogP contribution in [0.2, 0.25) is 0 Å². The van der Waals surface area contributed by atoms with E-state index in [4.69, 9.17) is 4.74 Å². The zero-order chi connectivity index (χ0) is 17.9. The fourth-order valence-corrected chi connectivity index (χ4v) is 2.95. The van der Waals surface area contributed by atoms with E-state index in [1.165, 1.54) is 0 Å². The number of rotatable bonds is 5. The Kier molecular flexibility index (Phi) is 5.66. The van der Waals surface area contributed by atoms with E-state index in [-0.39, 0.29) is 11.8 Å². The third-order valence-electron chi connectivity index (χ3n) is 4.42. The molecule has 2 aromatic carbocycles. The molecule has 0 radical (unpaired) electrons. The van der Waals surface area contributed by atoms with Crippen LogP contribution in [0.25, 0.3) is 0 Å². The smallest absolute Gasteiger partial charge is 0.255 e. The van der Waals surface area contributed by atoms with Crippen LogP contribution < -0.4 is 10.1 Å². The lowest BCUT2D eigenvalue weighted by atomic mass is 9.96. The van der Waals surface area contributed by atoms with Crippen LogP contribution in [-0.2, 0) is 6.42 Å². The number of carbonyl (C=O) groups excluding carboxylic acids is 1. The van der Waals surface area contributed by atoms with Gasteiger partial charge in [0.2, 0.25) is 0 Å². The first-order valence-electron chi connectivity index (χ1n) is 8.47. The summed E-state index contributed by atoms with van der Waals surface area (Å²) in [5, 5.41) is 3.11. The molecular formula is C21H27NO2. The standard InChI is InChI=1S/C21H27NO2/c1-7-16-10-8-9-14(4)20(16)22-21(23)18-12-17(13(2)3)19(24-6)11-15(18)5/h8-13H,7H2,1-6H3,(H,22,23). The highest BCUT2D eigenvalue weighted by Gasteiger charge is 2.17. The molecule has 2 aromatic rings. The fourth-order valence-electron chi connectivity index (χ4n) is 2.95. The Balaban J connectivity index is 2.42. The Morgan fingerprint density at radius 3 is 2.46 bits per heavy atom. The van der Waals surface area contributed by atoms with Crippen LogP contribution in [0.4, 0.5) is 5.69 Å². The highest BCUT2D eigenvalue weighted by molar-refractivity contribution is 6.06. The normalized spacial score (nSPS) is 10.8. The van der Waals surface area contributed by atoms with E-state index in [1.54, 1.807) is 7.11 Å². The quantitative estimate of drug-likeness (QED) is 0.815. The molecule has 0 aliphatic rings. The molecule has 0 unspecified atom stereocenters. The second-order valence-electron chi connectivity index (χ2n) is 6.48. The summed E-state index contributed by atoms with van der Waals surface area (Å²) in [6, 6.07) is 10.0. The lowest BCUT2D eigenvalue weighted by Crippen LogP contribution is -2.16. The topological polar surface area (TPSA) is 38.3 Å². The number of hydrogen-bond donors (Lipinski definition) is 1. The van der Waals surface area contributed by atoms with Crippen LogP contribution in [0.1, 0.15) is 59.3 Å². The molecule has 0 aliphatic heterocycles. The monoisotopic (exact) mass is 325 g/mol. The van der Waals surface area contributed by atoms with E-state index in [1.807, 2.05) is 38.1 Å². The van der Waals surface area contributed by atoms with E-state index >= 15 is 0 Å². The van der Waals surface area contributed by atoms with Crippen molar-refractivity contribution in [1.29, 1.82) is 0 Å². The maximum atomic E-state index is 12.9. The molecule has 0 spiro atoms. The van der Waals surface area contributed by atoms with E-state index < -0.39 is 0 Å². The summed E-state index contributed by atoms with van der Waals surface area (Å²) in [5.74, 6) is 1.06. The first-order chi connectivity index (χ1) is 11.4. The molecule has 2 rings (SSSR count). The summed E-state index contributed by atoms with van der Waals surface area (Å²) in [6.07, 6.45) is 0.885. The fraction of sp³-hybridized carbons (Fsp3) is 0.381. The Morgan fingerprint density at radius 2 is 1.88 bits per heavy atom. The number of aryl methyl sites for hydroxylation is 3. The average Bonchev–Trinajstić information content (AvgIpc) is 2.55. The van der Waals surface area contributed by atoms with E-state index in [0.717, 1.165) is 40.1 Å². The van der Waals surface area contributed by atoms with Crippen LogP contribution in [0.3, 0.4) is 0 Å². The number of para-hydroxylation sites is 1. The molecule has 0 fully saturated rings. The molecule has 0 heterocycles. The van der Waals surface area contributed by atoms with Crippen molar-refractivity contribution in [3.63, 3.8) is 0 Å². The molecule has 0 saturated heterocycles. The summed E-state index contributed by atoms with van der Waals surface area (Å²) in [7, 11) is 1.67. The number of anilines is 1. The Hall–Kier alpha value is -2.29. The molecule has 0 bridgehead atoms. The summed E-state index contributed by atoms with van der Waals surface area (Å²) in [5.41, 5.74) is 5.82. The number of ether oxygens (including phenoxy) is 1. The lowest BCUT2D eigenvalue weighted by molar-refractivity contribution is 0.102. The molecule has 0 aliphatic carbocycles. The predicted molar refractivity (Wildman–Crippen MR) is 100 cm³/mol. The third-order valence-corrected chi connectivity index (χ3v) is 4.42. The van der Waals surface area contributed by atoms with Crippen LogP contribution in [-0.4, -0.2) is 13.0 Å². The maximum Gasteiger partial charge on any atom is 0.255 e. The van der Waals surface area contributed by atoms with Crippen molar-refractivity contribution in [2.75, 3.05) is 12.4 Å². The van der Waals surface area contributed by atoms with Crippen molar-refractivity contribution < 1.29 is 9.53 Å². The van der Waals surface area contributed by atoms with E-state index in [2.05, 4.69) is 32.2 Å². The number of nitrogens with one attached hydrogen (secondary N) is 1. The minimum absolute atomic E-state index is 0.0685. The maximum absolute atomic E-state index is 12.9. The van der Waals surface area contributed by atoms with Crippen molar-refractivity contribution in [1.82, 2.24) is 0 Å². The molecule has 0 aromatic heterocycles. The van der Waals surface area contributed by atoms with Crippen molar-refractivity contribution in [2.24, 2.45) is 0 Å². The second kappa shape index (κ2) is 7.52. The molecule has 0 atom stereocenters. The molecule has 24 heavy (non-hydrogen) atoms. The van der Waals surface area contributed by atoms with Crippen molar-refractivity contribution in [3.05, 3.63) is 58.1 Å². The van der Waals surface area contributed by atoms with Gasteiger partial charge in [-0.2, -0.15) is 0 Å². The number of benzene rings is 2. The minimum atomic E-state index is -0.0685. The second-order valence-corrected chi connectivity index (χ2v) is 6.48. The van der Waals surface area contributed by atoms with Gasteiger partial charge in [-0.05, 0) is 60.6 Å². The molecule has 1 amide bonds. The summed E-state index contributed by atoms with van der Waals surface area (Å²) >= 11 is 0. The molecule has 0 saturated carbocycles. The number of amides is 1. The molecule has 128 valence electrons. The van der Waals surface area contributed by atoms with Gasteiger partial charge in [0.05, 0.1) is 7.11 Å².